The van der Waals surface area contributed by atoms with Crippen LogP contribution in [0, 0.1) is 0 Å². The van der Waals surface area contributed by atoms with E-state index >= 15 is 0 Å². The molecule has 0 bridgehead atoms. The summed E-state index contributed by atoms with van der Waals surface area (Å²) in [5.74, 6) is 0. The van der Waals surface area contributed by atoms with Crippen molar-refractivity contribution in [3.8, 4) is 0 Å². The van der Waals surface area contributed by atoms with E-state index < -0.39 is 0 Å². The van der Waals surface area contributed by atoms with E-state index in [1.54, 1.807) is 0 Å². The molecular formula is C9H12O2. The summed E-state index contributed by atoms with van der Waals surface area (Å²) in [7, 11) is 0. The Hall–Kier alpha value is -0.860. The average molecular weight is 152 g/mol. The number of rotatable bonds is 2. The lowest BCUT2D eigenvalue weighted by molar-refractivity contribution is 0.311. The third-order valence-corrected chi connectivity index (χ3v) is 1.69. The molecule has 0 amide bonds. The molecule has 0 unspecified atom stereocenters. The molecule has 0 heterocycles. The van der Waals surface area contributed by atoms with Gasteiger partial charge in [0.05, 0.1) is 13.2 Å². The molecule has 0 aromatic carbocycles. The van der Waals surface area contributed by atoms with Gasteiger partial charge in [0, 0.05) is 0 Å². The fourth-order valence-corrected chi connectivity index (χ4v) is 1.03. The summed E-state index contributed by atoms with van der Waals surface area (Å²) >= 11 is 0. The highest BCUT2D eigenvalue weighted by Crippen LogP contribution is 2.12. The summed E-state index contributed by atoms with van der Waals surface area (Å²) in [4.78, 5) is 0. The van der Waals surface area contributed by atoms with Gasteiger partial charge in [-0.15, -0.1) is 0 Å². The first-order valence-electron chi connectivity index (χ1n) is 3.65. The highest BCUT2D eigenvalue weighted by molar-refractivity contribution is 5.36. The minimum Gasteiger partial charge on any atom is -0.392 e. The molecule has 0 aliphatic heterocycles. The largest absolute Gasteiger partial charge is 0.392 e. The second kappa shape index (κ2) is 4.11. The Balaban J connectivity index is 2.82. The Bertz CT molecular complexity index is 212. The van der Waals surface area contributed by atoms with Crippen molar-refractivity contribution in [2.45, 2.75) is 6.42 Å². The fraction of sp³-hybridized carbons (Fsp3) is 0.333. The van der Waals surface area contributed by atoms with Crippen LogP contribution in [0.5, 0.6) is 0 Å². The van der Waals surface area contributed by atoms with Crippen molar-refractivity contribution in [2.24, 2.45) is 0 Å². The van der Waals surface area contributed by atoms with Crippen molar-refractivity contribution in [1.82, 2.24) is 0 Å². The third kappa shape index (κ3) is 2.03. The molecule has 0 radical (unpaired) electrons. The van der Waals surface area contributed by atoms with Crippen LogP contribution in [-0.4, -0.2) is 23.4 Å². The van der Waals surface area contributed by atoms with Crippen LogP contribution >= 0.6 is 0 Å². The van der Waals surface area contributed by atoms with Gasteiger partial charge < -0.3 is 10.2 Å². The van der Waals surface area contributed by atoms with Crippen LogP contribution in [0.15, 0.2) is 35.5 Å². The summed E-state index contributed by atoms with van der Waals surface area (Å²) in [5.41, 5.74) is 1.64. The van der Waals surface area contributed by atoms with E-state index in [0.717, 1.165) is 17.6 Å². The summed E-state index contributed by atoms with van der Waals surface area (Å²) in [6, 6.07) is 0. The van der Waals surface area contributed by atoms with Gasteiger partial charge in [-0.25, -0.2) is 0 Å². The molecule has 0 spiro atoms. The second-order valence-electron chi connectivity index (χ2n) is 2.40. The quantitative estimate of drug-likeness (QED) is 0.614. The molecule has 60 valence electrons. The normalized spacial score (nSPS) is 17.3. The van der Waals surface area contributed by atoms with Gasteiger partial charge in [0.1, 0.15) is 0 Å². The molecule has 2 heteroatoms. The van der Waals surface area contributed by atoms with Gasteiger partial charge in [-0.05, 0) is 17.6 Å². The molecule has 11 heavy (non-hydrogen) atoms. The second-order valence-corrected chi connectivity index (χ2v) is 2.40. The zero-order valence-electron chi connectivity index (χ0n) is 6.33. The van der Waals surface area contributed by atoms with Crippen LogP contribution in [0.4, 0.5) is 0 Å². The van der Waals surface area contributed by atoms with Gasteiger partial charge in [0.25, 0.3) is 0 Å². The topological polar surface area (TPSA) is 40.5 Å². The summed E-state index contributed by atoms with van der Waals surface area (Å²) in [5, 5.41) is 17.7. The molecule has 0 saturated carbocycles. The van der Waals surface area contributed by atoms with Crippen LogP contribution in [0.25, 0.3) is 0 Å². The van der Waals surface area contributed by atoms with Crippen LogP contribution in [0.1, 0.15) is 6.42 Å². The molecular weight excluding hydrogens is 140 g/mol. The van der Waals surface area contributed by atoms with Gasteiger partial charge in [0.2, 0.25) is 0 Å². The van der Waals surface area contributed by atoms with Crippen molar-refractivity contribution in [3.05, 3.63) is 35.5 Å². The zero-order chi connectivity index (χ0) is 8.10. The lowest BCUT2D eigenvalue weighted by atomic mass is 10.1. The van der Waals surface area contributed by atoms with E-state index in [-0.39, 0.29) is 13.2 Å². The Morgan fingerprint density at radius 3 is 2.55 bits per heavy atom. The monoisotopic (exact) mass is 152 g/mol. The Labute approximate surface area is 66.2 Å². The maximum Gasteiger partial charge on any atom is 0.0685 e. The van der Waals surface area contributed by atoms with E-state index in [1.165, 1.54) is 0 Å². The van der Waals surface area contributed by atoms with E-state index in [9.17, 15) is 0 Å². The summed E-state index contributed by atoms with van der Waals surface area (Å²) < 4.78 is 0. The highest BCUT2D eigenvalue weighted by atomic mass is 16.3. The Morgan fingerprint density at radius 1 is 1.18 bits per heavy atom. The van der Waals surface area contributed by atoms with Gasteiger partial charge in [-0.3, -0.25) is 0 Å². The zero-order valence-corrected chi connectivity index (χ0v) is 6.33. The van der Waals surface area contributed by atoms with Gasteiger partial charge in [0.15, 0.2) is 0 Å². The molecule has 2 N–H and O–H groups in total. The number of allylic oxidation sites excluding steroid dienone is 4. The van der Waals surface area contributed by atoms with E-state index in [4.69, 9.17) is 10.2 Å². The van der Waals surface area contributed by atoms with Crippen molar-refractivity contribution in [3.63, 3.8) is 0 Å². The highest BCUT2D eigenvalue weighted by Gasteiger charge is 2.02. The van der Waals surface area contributed by atoms with E-state index in [0.29, 0.717) is 0 Å². The first-order chi connectivity index (χ1) is 5.38. The lowest BCUT2D eigenvalue weighted by Gasteiger charge is -2.03. The first kappa shape index (κ1) is 8.24. The SMILES string of the molecule is OCC1=CC=CCC=C1CO. The van der Waals surface area contributed by atoms with E-state index in [1.807, 2.05) is 24.3 Å². The minimum atomic E-state index is -0.00324. The van der Waals surface area contributed by atoms with Gasteiger partial charge >= 0.3 is 0 Å². The van der Waals surface area contributed by atoms with Crippen molar-refractivity contribution < 1.29 is 10.2 Å². The molecule has 1 aliphatic rings. The van der Waals surface area contributed by atoms with Gasteiger partial charge in [-0.1, -0.05) is 24.3 Å². The number of aliphatic hydroxyl groups is 2. The molecule has 0 aromatic heterocycles. The molecule has 1 aliphatic carbocycles. The number of aliphatic hydroxyl groups excluding tert-OH is 2. The van der Waals surface area contributed by atoms with E-state index in [2.05, 4.69) is 0 Å². The molecule has 0 aromatic rings. The summed E-state index contributed by atoms with van der Waals surface area (Å²) in [6.45, 7) is 0.00477. The van der Waals surface area contributed by atoms with Crippen molar-refractivity contribution in [1.29, 1.82) is 0 Å². The van der Waals surface area contributed by atoms with Crippen LogP contribution in [-0.2, 0) is 0 Å². The number of hydrogen-bond acceptors (Lipinski definition) is 2. The van der Waals surface area contributed by atoms with Crippen LogP contribution < -0.4 is 0 Å². The standard InChI is InChI=1S/C9H12O2/c10-6-8-4-2-1-3-5-9(8)7-11/h1-2,4-5,10-11H,3,6-7H2. The molecule has 0 saturated heterocycles. The Morgan fingerprint density at radius 2 is 1.91 bits per heavy atom. The predicted molar refractivity (Wildman–Crippen MR) is 44.1 cm³/mol. The maximum atomic E-state index is 8.87. The van der Waals surface area contributed by atoms with Crippen molar-refractivity contribution >= 4 is 0 Å². The van der Waals surface area contributed by atoms with Gasteiger partial charge in [-0.2, -0.15) is 0 Å². The fourth-order valence-electron chi connectivity index (χ4n) is 1.03. The van der Waals surface area contributed by atoms with Crippen LogP contribution in [0.2, 0.25) is 0 Å². The minimum absolute atomic E-state index is 0.00324. The molecule has 2 nitrogen and oxygen atoms in total. The third-order valence-electron chi connectivity index (χ3n) is 1.69. The maximum absolute atomic E-state index is 8.87. The average Bonchev–Trinajstić information content (AvgIpc) is 2.27. The lowest BCUT2D eigenvalue weighted by Crippen LogP contribution is -1.98. The first-order valence-corrected chi connectivity index (χ1v) is 3.65. The predicted octanol–water partition coefficient (Wildman–Crippen LogP) is 0.784. The molecule has 1 rings (SSSR count). The Kier molecular flexibility index (Phi) is 3.08. The smallest absolute Gasteiger partial charge is 0.0685 e. The molecule has 0 atom stereocenters. The molecule has 0 fully saturated rings. The van der Waals surface area contributed by atoms with Crippen molar-refractivity contribution in [2.75, 3.05) is 13.2 Å². The summed E-state index contributed by atoms with van der Waals surface area (Å²) in [6.07, 6.45) is 8.46. The number of hydrogen-bond donors (Lipinski definition) is 2. The van der Waals surface area contributed by atoms with Crippen LogP contribution in [0.3, 0.4) is 0 Å².